The van der Waals surface area contributed by atoms with Gasteiger partial charge in [0, 0.05) is 11.6 Å². The fraction of sp³-hybridized carbons (Fsp3) is 0.417. The first-order valence-electron chi connectivity index (χ1n) is 5.87. The van der Waals surface area contributed by atoms with Crippen molar-refractivity contribution >= 4 is 27.6 Å². The third-order valence-electron chi connectivity index (χ3n) is 3.14. The second-order valence-corrected chi connectivity index (χ2v) is 6.78. The SMILES string of the molecule is O=C(O)[C@H]1CCCN1S(=O)(=O)Cc1ccccc1Cl. The van der Waals surface area contributed by atoms with E-state index in [1.807, 2.05) is 0 Å². The molecule has 0 aromatic heterocycles. The van der Waals surface area contributed by atoms with E-state index in [0.717, 1.165) is 4.31 Å². The highest BCUT2D eigenvalue weighted by atomic mass is 35.5. The summed E-state index contributed by atoms with van der Waals surface area (Å²) in [4.78, 5) is 11.0. The quantitative estimate of drug-likeness (QED) is 0.919. The maximum absolute atomic E-state index is 12.3. The first kappa shape index (κ1) is 14.3. The number of hydrogen-bond donors (Lipinski definition) is 1. The summed E-state index contributed by atoms with van der Waals surface area (Å²) in [5, 5.41) is 9.41. The third kappa shape index (κ3) is 3.08. The van der Waals surface area contributed by atoms with E-state index in [1.54, 1.807) is 24.3 Å². The third-order valence-corrected chi connectivity index (χ3v) is 5.34. The van der Waals surface area contributed by atoms with Crippen molar-refractivity contribution in [3.8, 4) is 0 Å². The van der Waals surface area contributed by atoms with Gasteiger partial charge in [-0.05, 0) is 24.5 Å². The van der Waals surface area contributed by atoms with Crippen molar-refractivity contribution in [3.05, 3.63) is 34.9 Å². The van der Waals surface area contributed by atoms with Gasteiger partial charge in [-0.15, -0.1) is 0 Å². The van der Waals surface area contributed by atoms with Crippen LogP contribution in [0, 0.1) is 0 Å². The molecule has 1 aromatic rings. The summed E-state index contributed by atoms with van der Waals surface area (Å²) in [5.74, 6) is -1.36. The molecule has 0 saturated carbocycles. The van der Waals surface area contributed by atoms with Crippen LogP contribution in [-0.4, -0.2) is 36.4 Å². The van der Waals surface area contributed by atoms with E-state index in [9.17, 15) is 13.2 Å². The summed E-state index contributed by atoms with van der Waals surface area (Å²) in [6.07, 6.45) is 0.926. The zero-order valence-corrected chi connectivity index (χ0v) is 11.7. The highest BCUT2D eigenvalue weighted by Gasteiger charge is 2.38. The molecule has 1 atom stereocenters. The van der Waals surface area contributed by atoms with Crippen LogP contribution >= 0.6 is 11.6 Å². The average molecular weight is 304 g/mol. The molecule has 1 N–H and O–H groups in total. The molecule has 0 amide bonds. The average Bonchev–Trinajstić information content (AvgIpc) is 2.82. The van der Waals surface area contributed by atoms with Crippen LogP contribution in [0.2, 0.25) is 5.02 Å². The predicted molar refractivity (Wildman–Crippen MR) is 71.4 cm³/mol. The van der Waals surface area contributed by atoms with E-state index in [2.05, 4.69) is 0 Å². The normalized spacial score (nSPS) is 20.6. The van der Waals surface area contributed by atoms with E-state index in [-0.39, 0.29) is 12.3 Å². The molecule has 1 aromatic carbocycles. The predicted octanol–water partition coefficient (Wildman–Crippen LogP) is 1.72. The number of carbonyl (C=O) groups is 1. The van der Waals surface area contributed by atoms with Gasteiger partial charge in [0.2, 0.25) is 10.0 Å². The van der Waals surface area contributed by atoms with Gasteiger partial charge in [0.1, 0.15) is 6.04 Å². The number of hydrogen-bond acceptors (Lipinski definition) is 3. The maximum Gasteiger partial charge on any atom is 0.322 e. The molecule has 0 aliphatic carbocycles. The topological polar surface area (TPSA) is 74.7 Å². The van der Waals surface area contributed by atoms with Crippen molar-refractivity contribution in [3.63, 3.8) is 0 Å². The standard InChI is InChI=1S/C12H14ClNO4S/c13-10-5-2-1-4-9(10)8-19(17,18)14-7-3-6-11(14)12(15)16/h1-2,4-5,11H,3,6-8H2,(H,15,16)/t11-/m1/s1. The van der Waals surface area contributed by atoms with Crippen molar-refractivity contribution in [2.45, 2.75) is 24.6 Å². The summed E-state index contributed by atoms with van der Waals surface area (Å²) in [6, 6.07) is 5.72. The van der Waals surface area contributed by atoms with E-state index in [1.165, 1.54) is 0 Å². The van der Waals surface area contributed by atoms with Crippen LogP contribution in [0.15, 0.2) is 24.3 Å². The highest BCUT2D eigenvalue weighted by molar-refractivity contribution is 7.88. The van der Waals surface area contributed by atoms with Crippen molar-refractivity contribution in [2.75, 3.05) is 6.54 Å². The molecule has 0 spiro atoms. The Labute approximate surface area is 116 Å². The van der Waals surface area contributed by atoms with Crippen LogP contribution in [0.4, 0.5) is 0 Å². The lowest BCUT2D eigenvalue weighted by Gasteiger charge is -2.21. The zero-order chi connectivity index (χ0) is 14.0. The minimum atomic E-state index is -3.66. The highest BCUT2D eigenvalue weighted by Crippen LogP contribution is 2.25. The second-order valence-electron chi connectivity index (χ2n) is 4.45. The summed E-state index contributed by atoms with van der Waals surface area (Å²) in [7, 11) is -3.66. The summed E-state index contributed by atoms with van der Waals surface area (Å²) in [6.45, 7) is 0.254. The van der Waals surface area contributed by atoms with Gasteiger partial charge in [0.25, 0.3) is 0 Å². The minimum Gasteiger partial charge on any atom is -0.480 e. The van der Waals surface area contributed by atoms with Gasteiger partial charge in [-0.25, -0.2) is 8.42 Å². The minimum absolute atomic E-state index is 0.254. The number of rotatable bonds is 4. The van der Waals surface area contributed by atoms with Gasteiger partial charge in [-0.2, -0.15) is 4.31 Å². The number of benzene rings is 1. The molecule has 1 saturated heterocycles. The smallest absolute Gasteiger partial charge is 0.322 e. The molecule has 0 radical (unpaired) electrons. The van der Waals surface area contributed by atoms with Gasteiger partial charge in [-0.1, -0.05) is 29.8 Å². The first-order chi connectivity index (χ1) is 8.92. The Morgan fingerprint density at radius 2 is 2.11 bits per heavy atom. The lowest BCUT2D eigenvalue weighted by Crippen LogP contribution is -2.40. The summed E-state index contributed by atoms with van der Waals surface area (Å²) in [5.41, 5.74) is 0.486. The van der Waals surface area contributed by atoms with Crippen LogP contribution in [0.5, 0.6) is 0 Å². The number of carboxylic acids is 1. The molecule has 0 unspecified atom stereocenters. The monoisotopic (exact) mass is 303 g/mol. The van der Waals surface area contributed by atoms with E-state index in [0.29, 0.717) is 23.4 Å². The number of carboxylic acid groups (broad SMARTS) is 1. The summed E-state index contributed by atoms with van der Waals surface area (Å²) >= 11 is 5.94. The van der Waals surface area contributed by atoms with Gasteiger partial charge < -0.3 is 5.11 Å². The van der Waals surface area contributed by atoms with Gasteiger partial charge in [0.05, 0.1) is 5.75 Å². The number of halogens is 1. The molecule has 1 heterocycles. The number of sulfonamides is 1. The van der Waals surface area contributed by atoms with Gasteiger partial charge >= 0.3 is 5.97 Å². The molecule has 1 fully saturated rings. The summed E-state index contributed by atoms with van der Waals surface area (Å²) < 4.78 is 25.6. The Balaban J connectivity index is 2.24. The van der Waals surface area contributed by atoms with Crippen LogP contribution in [0.1, 0.15) is 18.4 Å². The number of nitrogens with zero attached hydrogens (tertiary/aromatic N) is 1. The lowest BCUT2D eigenvalue weighted by molar-refractivity contribution is -0.140. The van der Waals surface area contributed by atoms with Crippen molar-refractivity contribution in [1.29, 1.82) is 0 Å². The number of aliphatic carboxylic acids is 1. The molecule has 104 valence electrons. The Morgan fingerprint density at radius 3 is 2.74 bits per heavy atom. The lowest BCUT2D eigenvalue weighted by atomic mass is 10.2. The molecular formula is C12H14ClNO4S. The Hall–Kier alpha value is -1.11. The fourth-order valence-electron chi connectivity index (χ4n) is 2.21. The molecule has 2 rings (SSSR count). The fourth-order valence-corrected chi connectivity index (χ4v) is 4.30. The Bertz CT molecular complexity index is 587. The largest absolute Gasteiger partial charge is 0.480 e. The molecule has 0 bridgehead atoms. The van der Waals surface area contributed by atoms with Crippen LogP contribution in [0.3, 0.4) is 0 Å². The Morgan fingerprint density at radius 1 is 1.42 bits per heavy atom. The molecule has 5 nitrogen and oxygen atoms in total. The molecule has 7 heteroatoms. The first-order valence-corrected chi connectivity index (χ1v) is 7.86. The van der Waals surface area contributed by atoms with Crippen LogP contribution in [0.25, 0.3) is 0 Å². The van der Waals surface area contributed by atoms with Crippen molar-refractivity contribution in [1.82, 2.24) is 4.31 Å². The zero-order valence-electron chi connectivity index (χ0n) is 10.1. The molecule has 19 heavy (non-hydrogen) atoms. The van der Waals surface area contributed by atoms with Gasteiger partial charge in [0.15, 0.2) is 0 Å². The van der Waals surface area contributed by atoms with Crippen molar-refractivity contribution < 1.29 is 18.3 Å². The molecule has 1 aliphatic rings. The van der Waals surface area contributed by atoms with Crippen molar-refractivity contribution in [2.24, 2.45) is 0 Å². The maximum atomic E-state index is 12.3. The molecule has 1 aliphatic heterocycles. The van der Waals surface area contributed by atoms with Crippen LogP contribution in [-0.2, 0) is 20.6 Å². The second kappa shape index (κ2) is 5.48. The van der Waals surface area contributed by atoms with E-state index < -0.39 is 22.0 Å². The van der Waals surface area contributed by atoms with E-state index in [4.69, 9.17) is 16.7 Å². The molecular weight excluding hydrogens is 290 g/mol. The van der Waals surface area contributed by atoms with Crippen LogP contribution < -0.4 is 0 Å². The van der Waals surface area contributed by atoms with Gasteiger partial charge in [-0.3, -0.25) is 4.79 Å². The van der Waals surface area contributed by atoms with E-state index >= 15 is 0 Å². The Kier molecular flexibility index (Phi) is 4.13.